The number of amides is 1. The molecule has 0 unspecified atom stereocenters. The summed E-state index contributed by atoms with van der Waals surface area (Å²) >= 11 is 11.9. The summed E-state index contributed by atoms with van der Waals surface area (Å²) in [4.78, 5) is 37.9. The Morgan fingerprint density at radius 1 is 0.938 bits per heavy atom. The van der Waals surface area contributed by atoms with Crippen LogP contribution in [0.25, 0.3) is 16.5 Å². The largest absolute Gasteiger partial charge is 0.451 e. The van der Waals surface area contributed by atoms with Crippen LogP contribution in [0.2, 0.25) is 10.0 Å². The summed E-state index contributed by atoms with van der Waals surface area (Å²) in [6.45, 7) is -0.581. The second kappa shape index (κ2) is 9.21. The van der Waals surface area contributed by atoms with E-state index in [9.17, 15) is 14.4 Å². The van der Waals surface area contributed by atoms with Crippen LogP contribution in [-0.4, -0.2) is 28.3 Å². The molecule has 0 saturated carbocycles. The van der Waals surface area contributed by atoms with Gasteiger partial charge in [-0.25, -0.2) is 4.79 Å². The zero-order valence-corrected chi connectivity index (χ0v) is 17.9. The molecule has 160 valence electrons. The van der Waals surface area contributed by atoms with Crippen molar-refractivity contribution in [1.82, 2.24) is 9.78 Å². The summed E-state index contributed by atoms with van der Waals surface area (Å²) in [5.41, 5.74) is 0.321. The molecule has 1 aromatic heterocycles. The van der Waals surface area contributed by atoms with Crippen molar-refractivity contribution in [1.29, 1.82) is 0 Å². The number of benzene rings is 3. The molecule has 4 rings (SSSR count). The molecule has 3 aromatic carbocycles. The molecule has 0 aliphatic heterocycles. The molecule has 7 nitrogen and oxygen atoms in total. The molecular weight excluding hydrogens is 453 g/mol. The molecule has 0 aliphatic rings. The third kappa shape index (κ3) is 4.49. The van der Waals surface area contributed by atoms with Crippen LogP contribution in [0.3, 0.4) is 0 Å². The third-order valence-electron chi connectivity index (χ3n) is 4.54. The van der Waals surface area contributed by atoms with E-state index in [1.54, 1.807) is 60.7 Å². The maximum absolute atomic E-state index is 12.9. The first kappa shape index (κ1) is 21.5. The smallest absolute Gasteiger partial charge is 0.359 e. The van der Waals surface area contributed by atoms with Gasteiger partial charge in [-0.3, -0.25) is 9.59 Å². The molecule has 1 heterocycles. The molecule has 1 amide bonds. The first-order valence-electron chi connectivity index (χ1n) is 9.43. The Morgan fingerprint density at radius 2 is 1.62 bits per heavy atom. The molecule has 0 fully saturated rings. The van der Waals surface area contributed by atoms with Gasteiger partial charge < -0.3 is 10.1 Å². The number of nitrogens with zero attached hydrogens (tertiary/aromatic N) is 2. The number of hydrogen-bond acceptors (Lipinski definition) is 5. The zero-order valence-electron chi connectivity index (χ0n) is 16.4. The fraction of sp³-hybridized carbons (Fsp3) is 0.0435. The number of para-hydroxylation sites is 1. The van der Waals surface area contributed by atoms with Crippen molar-refractivity contribution in [3.63, 3.8) is 0 Å². The standard InChI is InChI=1S/C23H15Cl2N3O4/c24-14-10-11-18(25)19(12-14)26-20(29)13-32-23(31)21-16-8-4-5-9-17(16)22(30)28(27-21)15-6-2-1-3-7-15/h1-12H,13H2,(H,26,29). The van der Waals surface area contributed by atoms with E-state index in [0.29, 0.717) is 27.2 Å². The van der Waals surface area contributed by atoms with Crippen molar-refractivity contribution < 1.29 is 14.3 Å². The number of anilines is 1. The van der Waals surface area contributed by atoms with Crippen LogP contribution >= 0.6 is 23.2 Å². The lowest BCUT2D eigenvalue weighted by Crippen LogP contribution is -2.26. The van der Waals surface area contributed by atoms with E-state index in [1.165, 1.54) is 12.1 Å². The zero-order chi connectivity index (χ0) is 22.7. The molecular formula is C23H15Cl2N3O4. The normalized spacial score (nSPS) is 10.7. The van der Waals surface area contributed by atoms with Gasteiger partial charge in [-0.1, -0.05) is 59.6 Å². The molecule has 0 spiro atoms. The van der Waals surface area contributed by atoms with Crippen LogP contribution in [0.15, 0.2) is 77.6 Å². The minimum atomic E-state index is -0.849. The van der Waals surface area contributed by atoms with E-state index in [1.807, 2.05) is 0 Å². The molecule has 0 saturated heterocycles. The minimum absolute atomic E-state index is 0.0855. The second-order valence-electron chi connectivity index (χ2n) is 6.70. The van der Waals surface area contributed by atoms with E-state index >= 15 is 0 Å². The summed E-state index contributed by atoms with van der Waals surface area (Å²) in [6.07, 6.45) is 0. The van der Waals surface area contributed by atoms with Crippen LogP contribution in [-0.2, 0) is 9.53 Å². The van der Waals surface area contributed by atoms with E-state index in [4.69, 9.17) is 27.9 Å². The van der Waals surface area contributed by atoms with Gasteiger partial charge in [0, 0.05) is 10.4 Å². The van der Waals surface area contributed by atoms with E-state index in [2.05, 4.69) is 10.4 Å². The Kier molecular flexibility index (Phi) is 6.20. The highest BCUT2D eigenvalue weighted by Gasteiger charge is 2.20. The highest BCUT2D eigenvalue weighted by molar-refractivity contribution is 6.35. The van der Waals surface area contributed by atoms with Gasteiger partial charge in [-0.05, 0) is 36.4 Å². The molecule has 4 aromatic rings. The summed E-state index contributed by atoms with van der Waals surface area (Å²) in [6, 6.07) is 19.9. The summed E-state index contributed by atoms with van der Waals surface area (Å²) in [5, 5.41) is 8.06. The van der Waals surface area contributed by atoms with Crippen molar-refractivity contribution >= 4 is 51.5 Å². The van der Waals surface area contributed by atoms with Crippen LogP contribution in [0.5, 0.6) is 0 Å². The van der Waals surface area contributed by atoms with Crippen molar-refractivity contribution in [3.8, 4) is 5.69 Å². The van der Waals surface area contributed by atoms with E-state index in [0.717, 1.165) is 4.68 Å². The SMILES string of the molecule is O=C(COC(=O)c1nn(-c2ccccc2)c(=O)c2ccccc12)Nc1cc(Cl)ccc1Cl. The van der Waals surface area contributed by atoms with Gasteiger partial charge >= 0.3 is 5.97 Å². The average Bonchev–Trinajstić information content (AvgIpc) is 2.81. The van der Waals surface area contributed by atoms with Crippen molar-refractivity contribution in [2.24, 2.45) is 0 Å². The van der Waals surface area contributed by atoms with Crippen LogP contribution in [0.1, 0.15) is 10.5 Å². The lowest BCUT2D eigenvalue weighted by atomic mass is 10.1. The summed E-state index contributed by atoms with van der Waals surface area (Å²) in [5.74, 6) is -1.46. The predicted octanol–water partition coefficient (Wildman–Crippen LogP) is 4.49. The Bertz CT molecular complexity index is 1390. The average molecular weight is 468 g/mol. The highest BCUT2D eigenvalue weighted by Crippen LogP contribution is 2.25. The molecule has 0 aliphatic carbocycles. The van der Waals surface area contributed by atoms with Crippen molar-refractivity contribution in [2.45, 2.75) is 0 Å². The van der Waals surface area contributed by atoms with Crippen molar-refractivity contribution in [3.05, 3.63) is 98.9 Å². The third-order valence-corrected chi connectivity index (χ3v) is 5.10. The monoisotopic (exact) mass is 467 g/mol. The van der Waals surface area contributed by atoms with Gasteiger partial charge in [0.2, 0.25) is 0 Å². The Labute approximate surface area is 192 Å². The van der Waals surface area contributed by atoms with Gasteiger partial charge in [0.05, 0.1) is 21.8 Å². The summed E-state index contributed by atoms with van der Waals surface area (Å²) < 4.78 is 6.30. The second-order valence-corrected chi connectivity index (χ2v) is 7.54. The van der Waals surface area contributed by atoms with Gasteiger partial charge in [0.1, 0.15) is 0 Å². The van der Waals surface area contributed by atoms with Crippen LogP contribution in [0, 0.1) is 0 Å². The number of carbonyl (C=O) groups is 2. The minimum Gasteiger partial charge on any atom is -0.451 e. The molecule has 1 N–H and O–H groups in total. The number of carbonyl (C=O) groups excluding carboxylic acids is 2. The first-order valence-corrected chi connectivity index (χ1v) is 10.2. The number of rotatable bonds is 5. The fourth-order valence-electron chi connectivity index (χ4n) is 3.06. The molecule has 0 radical (unpaired) electrons. The number of aromatic nitrogens is 2. The molecule has 0 bridgehead atoms. The number of nitrogens with one attached hydrogen (secondary N) is 1. The lowest BCUT2D eigenvalue weighted by Gasteiger charge is -2.11. The maximum atomic E-state index is 12.9. The Hall–Kier alpha value is -3.68. The van der Waals surface area contributed by atoms with Crippen molar-refractivity contribution in [2.75, 3.05) is 11.9 Å². The van der Waals surface area contributed by atoms with E-state index < -0.39 is 18.5 Å². The number of ether oxygens (including phenoxy) is 1. The Balaban J connectivity index is 1.61. The molecule has 0 atom stereocenters. The summed E-state index contributed by atoms with van der Waals surface area (Å²) in [7, 11) is 0. The van der Waals surface area contributed by atoms with Gasteiger partial charge in [-0.2, -0.15) is 9.78 Å². The number of fused-ring (bicyclic) bond motifs is 1. The van der Waals surface area contributed by atoms with Gasteiger partial charge in [0.15, 0.2) is 12.3 Å². The van der Waals surface area contributed by atoms with Gasteiger partial charge in [0.25, 0.3) is 11.5 Å². The maximum Gasteiger partial charge on any atom is 0.359 e. The highest BCUT2D eigenvalue weighted by atomic mass is 35.5. The number of halogens is 2. The topological polar surface area (TPSA) is 90.3 Å². The lowest BCUT2D eigenvalue weighted by molar-refractivity contribution is -0.119. The van der Waals surface area contributed by atoms with Gasteiger partial charge in [-0.15, -0.1) is 0 Å². The van der Waals surface area contributed by atoms with E-state index in [-0.39, 0.29) is 16.3 Å². The van der Waals surface area contributed by atoms with Crippen LogP contribution < -0.4 is 10.9 Å². The van der Waals surface area contributed by atoms with Crippen LogP contribution in [0.4, 0.5) is 5.69 Å². The molecule has 32 heavy (non-hydrogen) atoms. The quantitative estimate of drug-likeness (QED) is 0.436. The number of esters is 1. The fourth-order valence-corrected chi connectivity index (χ4v) is 3.40. The Morgan fingerprint density at radius 3 is 2.38 bits per heavy atom. The predicted molar refractivity (Wildman–Crippen MR) is 123 cm³/mol. The molecule has 9 heteroatoms. The number of hydrogen-bond donors (Lipinski definition) is 1. The first-order chi connectivity index (χ1) is 15.4.